The van der Waals surface area contributed by atoms with Gasteiger partial charge in [-0.25, -0.2) is 8.78 Å². The van der Waals surface area contributed by atoms with Crippen molar-refractivity contribution in [2.45, 2.75) is 25.1 Å². The van der Waals surface area contributed by atoms with Gasteiger partial charge in [0.05, 0.1) is 6.10 Å². The molecule has 0 aromatic heterocycles. The Morgan fingerprint density at radius 1 is 1.12 bits per heavy atom. The maximum atomic E-state index is 12.6. The van der Waals surface area contributed by atoms with Gasteiger partial charge in [0.2, 0.25) is 0 Å². The largest absolute Gasteiger partial charge is 0.390 e. The standard InChI is InChI=1S/C11H15F2NO2/c12-11(13)8-4-2-1-3-7(8)10(16)9(15)5-6-14/h1-4,9-11,15-16H,5-6,14H2. The topological polar surface area (TPSA) is 66.5 Å². The highest BCUT2D eigenvalue weighted by atomic mass is 19.3. The van der Waals surface area contributed by atoms with Crippen LogP contribution in [-0.2, 0) is 0 Å². The van der Waals surface area contributed by atoms with Crippen molar-refractivity contribution in [3.8, 4) is 0 Å². The molecule has 0 radical (unpaired) electrons. The van der Waals surface area contributed by atoms with Crippen LogP contribution in [0.1, 0.15) is 30.1 Å². The Bertz CT molecular complexity index is 334. The van der Waals surface area contributed by atoms with Crippen molar-refractivity contribution in [3.63, 3.8) is 0 Å². The lowest BCUT2D eigenvalue weighted by atomic mass is 9.97. The monoisotopic (exact) mass is 231 g/mol. The first-order chi connectivity index (χ1) is 7.57. The normalized spacial score (nSPS) is 15.1. The van der Waals surface area contributed by atoms with Crippen LogP contribution in [0.2, 0.25) is 0 Å². The third-order valence-corrected chi connectivity index (χ3v) is 2.38. The van der Waals surface area contributed by atoms with E-state index in [0.717, 1.165) is 0 Å². The first-order valence-electron chi connectivity index (χ1n) is 5.01. The molecule has 1 aromatic carbocycles. The van der Waals surface area contributed by atoms with Crippen LogP contribution in [0.15, 0.2) is 24.3 Å². The summed E-state index contributed by atoms with van der Waals surface area (Å²) in [4.78, 5) is 0. The predicted molar refractivity (Wildman–Crippen MR) is 56.0 cm³/mol. The molecule has 0 aliphatic heterocycles. The van der Waals surface area contributed by atoms with Gasteiger partial charge in [-0.2, -0.15) is 0 Å². The van der Waals surface area contributed by atoms with E-state index in [0.29, 0.717) is 0 Å². The van der Waals surface area contributed by atoms with E-state index in [2.05, 4.69) is 0 Å². The lowest BCUT2D eigenvalue weighted by molar-refractivity contribution is 0.0124. The summed E-state index contributed by atoms with van der Waals surface area (Å²) in [5.74, 6) is 0. The molecule has 0 aliphatic carbocycles. The molecule has 4 N–H and O–H groups in total. The molecule has 16 heavy (non-hydrogen) atoms. The van der Waals surface area contributed by atoms with E-state index >= 15 is 0 Å². The SMILES string of the molecule is NCCC(O)C(O)c1ccccc1C(F)F. The molecule has 0 amide bonds. The van der Waals surface area contributed by atoms with Crippen LogP contribution in [-0.4, -0.2) is 22.9 Å². The number of aliphatic hydroxyl groups excluding tert-OH is 2. The minimum absolute atomic E-state index is 0.0541. The van der Waals surface area contributed by atoms with Crippen molar-refractivity contribution in [3.05, 3.63) is 35.4 Å². The van der Waals surface area contributed by atoms with Gasteiger partial charge in [-0.3, -0.25) is 0 Å². The van der Waals surface area contributed by atoms with Crippen LogP contribution in [0.25, 0.3) is 0 Å². The summed E-state index contributed by atoms with van der Waals surface area (Å²) >= 11 is 0. The number of hydrogen-bond donors (Lipinski definition) is 3. The van der Waals surface area contributed by atoms with E-state index in [1.165, 1.54) is 18.2 Å². The van der Waals surface area contributed by atoms with Crippen molar-refractivity contribution in [1.29, 1.82) is 0 Å². The van der Waals surface area contributed by atoms with Crippen LogP contribution < -0.4 is 5.73 Å². The van der Waals surface area contributed by atoms with E-state index < -0.39 is 18.6 Å². The molecule has 90 valence electrons. The molecule has 3 nitrogen and oxygen atoms in total. The van der Waals surface area contributed by atoms with Gasteiger partial charge in [-0.15, -0.1) is 0 Å². The first-order valence-corrected chi connectivity index (χ1v) is 5.01. The Hall–Kier alpha value is -1.04. The van der Waals surface area contributed by atoms with Gasteiger partial charge in [0.15, 0.2) is 0 Å². The number of benzene rings is 1. The highest BCUT2D eigenvalue weighted by Crippen LogP contribution is 2.29. The smallest absolute Gasteiger partial charge is 0.264 e. The van der Waals surface area contributed by atoms with Crippen LogP contribution >= 0.6 is 0 Å². The fourth-order valence-electron chi connectivity index (χ4n) is 1.51. The van der Waals surface area contributed by atoms with E-state index in [4.69, 9.17) is 5.73 Å². The lowest BCUT2D eigenvalue weighted by Crippen LogP contribution is -2.22. The first kappa shape index (κ1) is 13.0. The summed E-state index contributed by atoms with van der Waals surface area (Å²) < 4.78 is 25.2. The lowest BCUT2D eigenvalue weighted by Gasteiger charge is -2.20. The summed E-state index contributed by atoms with van der Waals surface area (Å²) in [6, 6.07) is 5.62. The molecule has 0 saturated heterocycles. The van der Waals surface area contributed by atoms with Crippen LogP contribution in [0.5, 0.6) is 0 Å². The minimum Gasteiger partial charge on any atom is -0.390 e. The molecule has 0 spiro atoms. The van der Waals surface area contributed by atoms with Gasteiger partial charge in [0.25, 0.3) is 6.43 Å². The quantitative estimate of drug-likeness (QED) is 0.717. The number of alkyl halides is 2. The Labute approximate surface area is 92.5 Å². The van der Waals surface area contributed by atoms with Crippen molar-refractivity contribution in [2.75, 3.05) is 6.54 Å². The summed E-state index contributed by atoms with van der Waals surface area (Å²) in [7, 11) is 0. The molecule has 0 aliphatic rings. The maximum Gasteiger partial charge on any atom is 0.264 e. The third-order valence-electron chi connectivity index (χ3n) is 2.38. The second-order valence-electron chi connectivity index (χ2n) is 3.52. The maximum absolute atomic E-state index is 12.6. The van der Waals surface area contributed by atoms with Crippen LogP contribution in [0.4, 0.5) is 8.78 Å². The summed E-state index contributed by atoms with van der Waals surface area (Å²) in [5.41, 5.74) is 5.02. The highest BCUT2D eigenvalue weighted by Gasteiger charge is 2.23. The van der Waals surface area contributed by atoms with Crippen molar-refractivity contribution in [2.24, 2.45) is 5.73 Å². The summed E-state index contributed by atoms with van der Waals surface area (Å²) in [5, 5.41) is 19.2. The molecule has 2 atom stereocenters. The zero-order valence-electron chi connectivity index (χ0n) is 8.68. The number of rotatable bonds is 5. The second-order valence-corrected chi connectivity index (χ2v) is 3.52. The van der Waals surface area contributed by atoms with Gasteiger partial charge >= 0.3 is 0 Å². The van der Waals surface area contributed by atoms with Crippen molar-refractivity contribution in [1.82, 2.24) is 0 Å². The zero-order chi connectivity index (χ0) is 12.1. The van der Waals surface area contributed by atoms with E-state index in [-0.39, 0.29) is 24.1 Å². The molecule has 5 heteroatoms. The molecule has 0 saturated carbocycles. The van der Waals surface area contributed by atoms with Gasteiger partial charge in [-0.1, -0.05) is 24.3 Å². The fourth-order valence-corrected chi connectivity index (χ4v) is 1.51. The van der Waals surface area contributed by atoms with Gasteiger partial charge in [-0.05, 0) is 18.5 Å². The number of nitrogens with two attached hydrogens (primary N) is 1. The van der Waals surface area contributed by atoms with Crippen LogP contribution in [0.3, 0.4) is 0 Å². The van der Waals surface area contributed by atoms with Gasteiger partial charge in [0, 0.05) is 5.56 Å². The Kier molecular flexibility index (Phi) is 4.79. The molecular weight excluding hydrogens is 216 g/mol. The predicted octanol–water partition coefficient (Wildman–Crippen LogP) is 1.37. The Morgan fingerprint density at radius 2 is 1.69 bits per heavy atom. The summed E-state index contributed by atoms with van der Waals surface area (Å²) in [6.45, 7) is 0.190. The molecule has 0 fully saturated rings. The zero-order valence-corrected chi connectivity index (χ0v) is 8.68. The molecule has 1 aromatic rings. The van der Waals surface area contributed by atoms with Crippen molar-refractivity contribution < 1.29 is 19.0 Å². The second kappa shape index (κ2) is 5.89. The minimum atomic E-state index is -2.67. The average Bonchev–Trinajstić information content (AvgIpc) is 2.28. The van der Waals surface area contributed by atoms with Crippen molar-refractivity contribution >= 4 is 0 Å². The molecular formula is C11H15F2NO2. The number of halogens is 2. The van der Waals surface area contributed by atoms with Gasteiger partial charge < -0.3 is 15.9 Å². The highest BCUT2D eigenvalue weighted by molar-refractivity contribution is 5.30. The van der Waals surface area contributed by atoms with E-state index in [1.54, 1.807) is 6.07 Å². The Balaban J connectivity index is 2.93. The summed E-state index contributed by atoms with van der Waals surface area (Å²) in [6.07, 6.45) is -4.95. The molecule has 0 heterocycles. The number of aliphatic hydroxyl groups is 2. The van der Waals surface area contributed by atoms with Crippen LogP contribution in [0, 0.1) is 0 Å². The third kappa shape index (κ3) is 2.98. The molecule has 0 bridgehead atoms. The Morgan fingerprint density at radius 3 is 2.19 bits per heavy atom. The average molecular weight is 231 g/mol. The molecule has 2 unspecified atom stereocenters. The van der Waals surface area contributed by atoms with E-state index in [1.807, 2.05) is 0 Å². The van der Waals surface area contributed by atoms with E-state index in [9.17, 15) is 19.0 Å². The fraction of sp³-hybridized carbons (Fsp3) is 0.455. The number of hydrogen-bond acceptors (Lipinski definition) is 3. The molecule has 1 rings (SSSR count). The van der Waals surface area contributed by atoms with Gasteiger partial charge in [0.1, 0.15) is 6.10 Å².